The number of hydrogen-bond acceptors (Lipinski definition) is 4. The van der Waals surface area contributed by atoms with Crippen LogP contribution in [0, 0.1) is 13.8 Å². The second-order valence-corrected chi connectivity index (χ2v) is 8.01. The highest BCUT2D eigenvalue weighted by molar-refractivity contribution is 7.89. The lowest BCUT2D eigenvalue weighted by atomic mass is 10.0. The third-order valence-electron chi connectivity index (χ3n) is 4.56. The Morgan fingerprint density at radius 1 is 1.17 bits per heavy atom. The lowest BCUT2D eigenvalue weighted by Crippen LogP contribution is -2.33. The molecule has 0 saturated heterocycles. The van der Waals surface area contributed by atoms with Gasteiger partial charge >= 0.3 is 0 Å². The minimum absolute atomic E-state index is 0.0181. The normalized spacial score (nSPS) is 15.8. The summed E-state index contributed by atoms with van der Waals surface area (Å²) in [5, 5.41) is 6.37. The van der Waals surface area contributed by atoms with Gasteiger partial charge in [0.25, 0.3) is 5.56 Å². The molecule has 3 rings (SSSR count). The standard InChI is InChI=1S/C17H21N3O3S/c1-11-9-13(15-7-8-17(21)19-18-15)10-16(12(11)2)24(22,23)20-14-5-3-4-6-14/h7-10,14,20H,3-6H2,1-2H3,(H,19,21). The van der Waals surface area contributed by atoms with Crippen LogP contribution in [0.25, 0.3) is 11.3 Å². The molecule has 0 amide bonds. The summed E-state index contributed by atoms with van der Waals surface area (Å²) < 4.78 is 28.4. The molecule has 2 N–H and O–H groups in total. The molecule has 1 aliphatic rings. The van der Waals surface area contributed by atoms with Gasteiger partial charge in [0, 0.05) is 17.7 Å². The fourth-order valence-corrected chi connectivity index (χ4v) is 4.73. The quantitative estimate of drug-likeness (QED) is 0.887. The SMILES string of the molecule is Cc1cc(-c2ccc(=O)[nH]n2)cc(S(=O)(=O)NC2CCCC2)c1C. The van der Waals surface area contributed by atoms with E-state index in [1.165, 1.54) is 6.07 Å². The van der Waals surface area contributed by atoms with Gasteiger partial charge in [0.05, 0.1) is 10.6 Å². The summed E-state index contributed by atoms with van der Waals surface area (Å²) in [7, 11) is -3.59. The first kappa shape index (κ1) is 16.9. The number of nitrogens with one attached hydrogen (secondary N) is 2. The molecular formula is C17H21N3O3S. The van der Waals surface area contributed by atoms with Gasteiger partial charge in [-0.2, -0.15) is 5.10 Å². The number of aromatic amines is 1. The number of benzene rings is 1. The molecule has 0 unspecified atom stereocenters. The van der Waals surface area contributed by atoms with Gasteiger partial charge in [-0.1, -0.05) is 12.8 Å². The van der Waals surface area contributed by atoms with Crippen molar-refractivity contribution in [3.05, 3.63) is 45.7 Å². The maximum absolute atomic E-state index is 12.8. The summed E-state index contributed by atoms with van der Waals surface area (Å²) in [5.74, 6) is 0. The molecule has 24 heavy (non-hydrogen) atoms. The van der Waals surface area contributed by atoms with Crippen LogP contribution in [0.4, 0.5) is 0 Å². The van der Waals surface area contributed by atoms with Crippen molar-refractivity contribution in [2.24, 2.45) is 0 Å². The van der Waals surface area contributed by atoms with E-state index in [0.717, 1.165) is 36.8 Å². The molecule has 128 valence electrons. The summed E-state index contributed by atoms with van der Waals surface area (Å²) in [6.07, 6.45) is 3.90. The van der Waals surface area contributed by atoms with Crippen LogP contribution in [0.1, 0.15) is 36.8 Å². The highest BCUT2D eigenvalue weighted by Gasteiger charge is 2.25. The van der Waals surface area contributed by atoms with E-state index in [1.807, 2.05) is 19.9 Å². The highest BCUT2D eigenvalue weighted by Crippen LogP contribution is 2.28. The van der Waals surface area contributed by atoms with Crippen molar-refractivity contribution >= 4 is 10.0 Å². The minimum Gasteiger partial charge on any atom is -0.268 e. The average molecular weight is 347 g/mol. The number of aryl methyl sites for hydroxylation is 1. The Balaban J connectivity index is 2.03. The summed E-state index contributed by atoms with van der Waals surface area (Å²) in [4.78, 5) is 11.4. The summed E-state index contributed by atoms with van der Waals surface area (Å²) in [6.45, 7) is 3.68. The van der Waals surface area contributed by atoms with E-state index in [0.29, 0.717) is 11.3 Å². The lowest BCUT2D eigenvalue weighted by Gasteiger charge is -2.16. The molecule has 1 heterocycles. The zero-order valence-electron chi connectivity index (χ0n) is 13.8. The van der Waals surface area contributed by atoms with Crippen LogP contribution in [0.3, 0.4) is 0 Å². The van der Waals surface area contributed by atoms with Crippen molar-refractivity contribution in [1.29, 1.82) is 0 Å². The van der Waals surface area contributed by atoms with E-state index < -0.39 is 10.0 Å². The smallest absolute Gasteiger partial charge is 0.264 e. The Morgan fingerprint density at radius 3 is 2.50 bits per heavy atom. The van der Waals surface area contributed by atoms with Gasteiger partial charge in [-0.15, -0.1) is 0 Å². The fourth-order valence-electron chi connectivity index (χ4n) is 3.09. The van der Waals surface area contributed by atoms with Crippen LogP contribution in [-0.4, -0.2) is 24.7 Å². The van der Waals surface area contributed by atoms with Crippen molar-refractivity contribution in [2.45, 2.75) is 50.5 Å². The van der Waals surface area contributed by atoms with Crippen LogP contribution < -0.4 is 10.3 Å². The first-order chi connectivity index (χ1) is 11.4. The predicted molar refractivity (Wildman–Crippen MR) is 92.3 cm³/mol. The first-order valence-electron chi connectivity index (χ1n) is 8.06. The monoisotopic (exact) mass is 347 g/mol. The molecule has 1 saturated carbocycles. The van der Waals surface area contributed by atoms with Gasteiger partial charge in [-0.05, 0) is 56.0 Å². The van der Waals surface area contributed by atoms with Gasteiger partial charge in [0.2, 0.25) is 10.0 Å². The molecule has 0 aliphatic heterocycles. The van der Waals surface area contributed by atoms with E-state index in [4.69, 9.17) is 0 Å². The van der Waals surface area contributed by atoms with Gasteiger partial charge in [0.15, 0.2) is 0 Å². The predicted octanol–water partition coefficient (Wildman–Crippen LogP) is 2.27. The van der Waals surface area contributed by atoms with Crippen molar-refractivity contribution in [3.63, 3.8) is 0 Å². The van der Waals surface area contributed by atoms with E-state index in [9.17, 15) is 13.2 Å². The Labute approximate surface area is 141 Å². The molecule has 0 radical (unpaired) electrons. The first-order valence-corrected chi connectivity index (χ1v) is 9.55. The number of aromatic nitrogens is 2. The van der Waals surface area contributed by atoms with E-state index in [-0.39, 0.29) is 16.5 Å². The Morgan fingerprint density at radius 2 is 1.88 bits per heavy atom. The zero-order chi connectivity index (χ0) is 17.3. The number of sulfonamides is 1. The highest BCUT2D eigenvalue weighted by atomic mass is 32.2. The van der Waals surface area contributed by atoms with Crippen molar-refractivity contribution in [2.75, 3.05) is 0 Å². The molecule has 0 bridgehead atoms. The van der Waals surface area contributed by atoms with E-state index in [2.05, 4.69) is 14.9 Å². The molecule has 6 nitrogen and oxygen atoms in total. The molecule has 2 aromatic rings. The Kier molecular flexibility index (Phi) is 4.56. The third kappa shape index (κ3) is 3.42. The Bertz CT molecular complexity index is 893. The molecule has 1 aliphatic carbocycles. The Hall–Kier alpha value is -1.99. The van der Waals surface area contributed by atoms with Crippen molar-refractivity contribution in [3.8, 4) is 11.3 Å². The largest absolute Gasteiger partial charge is 0.268 e. The van der Waals surface area contributed by atoms with Gasteiger partial charge in [-0.3, -0.25) is 4.79 Å². The molecule has 0 atom stereocenters. The summed E-state index contributed by atoms with van der Waals surface area (Å²) in [6, 6.07) is 6.49. The summed E-state index contributed by atoms with van der Waals surface area (Å²) in [5.41, 5.74) is 2.51. The van der Waals surface area contributed by atoms with Crippen molar-refractivity contribution in [1.82, 2.24) is 14.9 Å². The number of H-pyrrole nitrogens is 1. The maximum Gasteiger partial charge on any atom is 0.264 e. The van der Waals surface area contributed by atoms with Crippen LogP contribution >= 0.6 is 0 Å². The van der Waals surface area contributed by atoms with Gasteiger partial charge in [-0.25, -0.2) is 18.2 Å². The van der Waals surface area contributed by atoms with Crippen LogP contribution in [-0.2, 0) is 10.0 Å². The second kappa shape index (κ2) is 6.49. The molecule has 1 aromatic carbocycles. The molecule has 1 fully saturated rings. The molecule has 0 spiro atoms. The number of nitrogens with zero attached hydrogens (tertiary/aromatic N) is 1. The third-order valence-corrected chi connectivity index (χ3v) is 6.21. The zero-order valence-corrected chi connectivity index (χ0v) is 14.6. The molecule has 7 heteroatoms. The molecule has 1 aromatic heterocycles. The average Bonchev–Trinajstić information content (AvgIpc) is 3.02. The topological polar surface area (TPSA) is 91.9 Å². The number of rotatable bonds is 4. The number of hydrogen-bond donors (Lipinski definition) is 2. The van der Waals surface area contributed by atoms with Crippen molar-refractivity contribution < 1.29 is 8.42 Å². The minimum atomic E-state index is -3.59. The van der Waals surface area contributed by atoms with E-state index in [1.54, 1.807) is 12.1 Å². The second-order valence-electron chi connectivity index (χ2n) is 6.33. The van der Waals surface area contributed by atoms with Gasteiger partial charge in [0.1, 0.15) is 0 Å². The van der Waals surface area contributed by atoms with Gasteiger partial charge < -0.3 is 0 Å². The van der Waals surface area contributed by atoms with E-state index >= 15 is 0 Å². The van der Waals surface area contributed by atoms with Crippen LogP contribution in [0.5, 0.6) is 0 Å². The molecular weight excluding hydrogens is 326 g/mol. The van der Waals surface area contributed by atoms with Crippen LogP contribution in [0.2, 0.25) is 0 Å². The fraction of sp³-hybridized carbons (Fsp3) is 0.412. The maximum atomic E-state index is 12.8. The van der Waals surface area contributed by atoms with Crippen LogP contribution in [0.15, 0.2) is 34.0 Å². The lowest BCUT2D eigenvalue weighted by molar-refractivity contribution is 0.551. The summed E-state index contributed by atoms with van der Waals surface area (Å²) >= 11 is 0.